The van der Waals surface area contributed by atoms with Crippen molar-refractivity contribution in [2.45, 2.75) is 44.3 Å². The highest BCUT2D eigenvalue weighted by atomic mass is 79.9. The predicted octanol–water partition coefficient (Wildman–Crippen LogP) is 5.42. The van der Waals surface area contributed by atoms with E-state index in [4.69, 9.17) is 9.47 Å². The third-order valence-electron chi connectivity index (χ3n) is 6.87. The molecule has 2 aromatic rings. The number of rotatable bonds is 8. The number of hydrogen-bond donors (Lipinski definition) is 2. The maximum Gasteiger partial charge on any atom is 0.175 e. The molecule has 0 amide bonds. The summed E-state index contributed by atoms with van der Waals surface area (Å²) in [4.78, 5) is 2.53. The first kappa shape index (κ1) is 29.2. The topological polar surface area (TPSA) is 54.0 Å². The lowest BCUT2D eigenvalue weighted by Gasteiger charge is -2.39. The van der Waals surface area contributed by atoms with Crippen LogP contribution in [0.2, 0.25) is 0 Å². The maximum absolute atomic E-state index is 10.9. The molecule has 0 aromatic heterocycles. The molecule has 1 aliphatic heterocycles. The molecular weight excluding hydrogens is 539 g/mol. The van der Waals surface area contributed by atoms with Crippen LogP contribution in [0.15, 0.2) is 46.9 Å². The second-order valence-corrected chi connectivity index (χ2v) is 9.84. The number of halogens is 3. The van der Waals surface area contributed by atoms with Gasteiger partial charge in [0.05, 0.1) is 17.7 Å². The number of aliphatic hydroxyl groups excluding tert-OH is 1. The maximum atomic E-state index is 10.9. The zero-order chi connectivity index (χ0) is 22.3. The average Bonchev–Trinajstić information content (AvgIpc) is 2.83. The first-order chi connectivity index (χ1) is 15.7. The zero-order valence-corrected chi connectivity index (χ0v) is 23.0. The molecule has 0 radical (unpaired) electrons. The molecule has 34 heavy (non-hydrogen) atoms. The van der Waals surface area contributed by atoms with Gasteiger partial charge in [-0.05, 0) is 57.9 Å². The van der Waals surface area contributed by atoms with E-state index in [-0.39, 0.29) is 42.8 Å². The molecule has 3 unspecified atom stereocenters. The van der Waals surface area contributed by atoms with Gasteiger partial charge in [0.2, 0.25) is 0 Å². The second-order valence-electron chi connectivity index (χ2n) is 8.98. The van der Waals surface area contributed by atoms with Crippen LogP contribution in [0.1, 0.15) is 42.7 Å². The highest BCUT2D eigenvalue weighted by molar-refractivity contribution is 9.10. The molecule has 2 aliphatic rings. The third kappa shape index (κ3) is 7.49. The van der Waals surface area contributed by atoms with E-state index in [1.54, 1.807) is 7.11 Å². The predicted molar refractivity (Wildman–Crippen MR) is 146 cm³/mol. The van der Waals surface area contributed by atoms with Crippen molar-refractivity contribution in [1.29, 1.82) is 0 Å². The molecule has 1 aliphatic carbocycles. The van der Waals surface area contributed by atoms with E-state index in [1.807, 2.05) is 18.2 Å². The van der Waals surface area contributed by atoms with Crippen molar-refractivity contribution in [3.8, 4) is 11.5 Å². The molecule has 0 spiro atoms. The summed E-state index contributed by atoms with van der Waals surface area (Å²) in [6.45, 7) is 5.61. The van der Waals surface area contributed by atoms with Crippen molar-refractivity contribution in [2.75, 3.05) is 39.8 Å². The fourth-order valence-corrected chi connectivity index (χ4v) is 5.67. The van der Waals surface area contributed by atoms with Crippen LogP contribution < -0.4 is 14.8 Å². The van der Waals surface area contributed by atoms with E-state index in [2.05, 4.69) is 50.4 Å². The Morgan fingerprint density at radius 1 is 1.09 bits per heavy atom. The molecule has 1 heterocycles. The SMILES string of the molecule is COc1cc(C(CN2CCNCC2)C2CCCCC2O)cc(Br)c1OCc1ccccc1.Cl.Cl. The van der Waals surface area contributed by atoms with Crippen molar-refractivity contribution in [2.24, 2.45) is 5.92 Å². The Morgan fingerprint density at radius 2 is 1.79 bits per heavy atom. The molecule has 2 fully saturated rings. The van der Waals surface area contributed by atoms with Gasteiger partial charge in [-0.25, -0.2) is 0 Å². The largest absolute Gasteiger partial charge is 0.493 e. The normalized spacial score (nSPS) is 21.6. The van der Waals surface area contributed by atoms with Gasteiger partial charge in [0, 0.05) is 38.6 Å². The van der Waals surface area contributed by atoms with Crippen LogP contribution in [0.25, 0.3) is 0 Å². The highest BCUT2D eigenvalue weighted by Gasteiger charge is 2.34. The van der Waals surface area contributed by atoms with Crippen molar-refractivity contribution in [3.63, 3.8) is 0 Å². The van der Waals surface area contributed by atoms with Crippen LogP contribution in [0.3, 0.4) is 0 Å². The summed E-state index contributed by atoms with van der Waals surface area (Å²) in [5.41, 5.74) is 2.33. The molecule has 1 saturated heterocycles. The van der Waals surface area contributed by atoms with E-state index in [0.29, 0.717) is 6.61 Å². The van der Waals surface area contributed by atoms with Crippen molar-refractivity contribution < 1.29 is 14.6 Å². The quantitative estimate of drug-likeness (QED) is 0.440. The van der Waals surface area contributed by atoms with E-state index in [1.165, 1.54) is 12.0 Å². The molecule has 5 nitrogen and oxygen atoms in total. The summed E-state index contributed by atoms with van der Waals surface area (Å²) >= 11 is 3.75. The smallest absolute Gasteiger partial charge is 0.175 e. The summed E-state index contributed by atoms with van der Waals surface area (Å²) in [5.74, 6) is 1.99. The number of hydrogen-bond acceptors (Lipinski definition) is 5. The summed E-state index contributed by atoms with van der Waals surface area (Å²) in [7, 11) is 1.70. The van der Waals surface area contributed by atoms with Crippen LogP contribution in [-0.4, -0.2) is 55.9 Å². The highest BCUT2D eigenvalue weighted by Crippen LogP contribution is 2.43. The Hall–Kier alpha value is -1.02. The first-order valence-electron chi connectivity index (χ1n) is 11.8. The molecule has 1 saturated carbocycles. The number of benzene rings is 2. The first-order valence-corrected chi connectivity index (χ1v) is 12.6. The second kappa shape index (κ2) is 14.5. The number of methoxy groups -OCH3 is 1. The molecule has 0 bridgehead atoms. The third-order valence-corrected chi connectivity index (χ3v) is 7.46. The van der Waals surface area contributed by atoms with Crippen LogP contribution in [-0.2, 0) is 6.61 Å². The summed E-state index contributed by atoms with van der Waals surface area (Å²) in [6, 6.07) is 14.5. The Bertz CT molecular complexity index is 869. The Morgan fingerprint density at radius 3 is 2.47 bits per heavy atom. The van der Waals surface area contributed by atoms with Crippen LogP contribution in [0.4, 0.5) is 0 Å². The summed E-state index contributed by atoms with van der Waals surface area (Å²) in [5, 5.41) is 14.3. The minimum atomic E-state index is -0.240. The van der Waals surface area contributed by atoms with Gasteiger partial charge in [-0.2, -0.15) is 0 Å². The van der Waals surface area contributed by atoms with E-state index in [9.17, 15) is 5.11 Å². The minimum absolute atomic E-state index is 0. The lowest BCUT2D eigenvalue weighted by Crippen LogP contribution is -2.46. The monoisotopic (exact) mass is 574 g/mol. The number of nitrogens with zero attached hydrogens (tertiary/aromatic N) is 1. The molecule has 2 N–H and O–H groups in total. The Labute approximate surface area is 224 Å². The van der Waals surface area contributed by atoms with Gasteiger partial charge in [0.1, 0.15) is 6.61 Å². The molecule has 190 valence electrons. The van der Waals surface area contributed by atoms with Gasteiger partial charge < -0.3 is 24.8 Å². The van der Waals surface area contributed by atoms with E-state index in [0.717, 1.165) is 73.5 Å². The van der Waals surface area contributed by atoms with Gasteiger partial charge in [0.25, 0.3) is 0 Å². The van der Waals surface area contributed by atoms with Gasteiger partial charge in [0.15, 0.2) is 11.5 Å². The van der Waals surface area contributed by atoms with Gasteiger partial charge >= 0.3 is 0 Å². The lowest BCUT2D eigenvalue weighted by atomic mass is 9.74. The minimum Gasteiger partial charge on any atom is -0.493 e. The number of nitrogens with one attached hydrogen (secondary N) is 1. The lowest BCUT2D eigenvalue weighted by molar-refractivity contribution is 0.0447. The van der Waals surface area contributed by atoms with Gasteiger partial charge in [-0.3, -0.25) is 0 Å². The number of piperazine rings is 1. The number of ether oxygens (including phenoxy) is 2. The van der Waals surface area contributed by atoms with E-state index < -0.39 is 0 Å². The fourth-order valence-electron chi connectivity index (χ4n) is 5.09. The van der Waals surface area contributed by atoms with E-state index >= 15 is 0 Å². The van der Waals surface area contributed by atoms with Gasteiger partial charge in [-0.15, -0.1) is 24.8 Å². The van der Waals surface area contributed by atoms with Gasteiger partial charge in [-0.1, -0.05) is 43.2 Å². The van der Waals surface area contributed by atoms with Crippen LogP contribution in [0, 0.1) is 5.92 Å². The van der Waals surface area contributed by atoms with Crippen molar-refractivity contribution in [1.82, 2.24) is 10.2 Å². The molecule has 2 aromatic carbocycles. The standard InChI is InChI=1S/C26H35BrN2O3.2ClH/c1-31-25-16-20(15-23(27)26(25)32-18-19-7-3-2-4-8-19)22(17-29-13-11-28-12-14-29)21-9-5-6-10-24(21)30;;/h2-4,7-8,15-16,21-22,24,28,30H,5-6,9-14,17-18H2,1H3;2*1H. The van der Waals surface area contributed by atoms with Crippen LogP contribution in [0.5, 0.6) is 11.5 Å². The average molecular weight is 576 g/mol. The molecule has 3 atom stereocenters. The molecule has 8 heteroatoms. The summed E-state index contributed by atoms with van der Waals surface area (Å²) in [6.07, 6.45) is 4.05. The Kier molecular flexibility index (Phi) is 12.5. The number of aliphatic hydroxyl groups is 1. The Balaban J connectivity index is 0.00000204. The van der Waals surface area contributed by atoms with Crippen molar-refractivity contribution in [3.05, 3.63) is 58.1 Å². The van der Waals surface area contributed by atoms with Crippen LogP contribution >= 0.6 is 40.7 Å². The molecular formula is C26H37BrCl2N2O3. The zero-order valence-electron chi connectivity index (χ0n) is 19.7. The van der Waals surface area contributed by atoms with Crippen molar-refractivity contribution >= 4 is 40.7 Å². The fraction of sp³-hybridized carbons (Fsp3) is 0.538. The summed E-state index contributed by atoms with van der Waals surface area (Å²) < 4.78 is 12.8. The molecule has 4 rings (SSSR count).